The zero-order valence-electron chi connectivity index (χ0n) is 3.58. The molecule has 30 valence electrons. The van der Waals surface area contributed by atoms with Crippen LogP contribution in [-0.4, -0.2) is 18.2 Å². The zero-order chi connectivity index (χ0) is 4.99. The molecule has 0 atom stereocenters. The Kier molecular flexibility index (Phi) is 4.37. The monoisotopic (exact) mass is 156 g/mol. The average Bonchev–Trinajstić information content (AvgIpc) is 1.65. The van der Waals surface area contributed by atoms with E-state index in [1.165, 1.54) is 0 Å². The summed E-state index contributed by atoms with van der Waals surface area (Å²) in [5.74, 6) is 0. The summed E-state index contributed by atoms with van der Waals surface area (Å²) in [6, 6.07) is 0. The van der Waals surface area contributed by atoms with Crippen molar-refractivity contribution in [2.45, 2.75) is 0 Å². The van der Waals surface area contributed by atoms with Crippen molar-refractivity contribution in [2.75, 3.05) is 0 Å². The Hall–Kier alpha value is 0.726. The minimum atomic E-state index is -0.162. The van der Waals surface area contributed by atoms with Crippen molar-refractivity contribution in [1.82, 2.24) is 0 Å². The van der Waals surface area contributed by atoms with Gasteiger partial charge in [-0.05, 0) is 0 Å². The van der Waals surface area contributed by atoms with Gasteiger partial charge in [0.2, 0.25) is 0 Å². The van der Waals surface area contributed by atoms with Gasteiger partial charge in [0.25, 0.3) is 0 Å². The van der Waals surface area contributed by atoms with Crippen LogP contribution in [0, 0.1) is 0 Å². The largest absolute Gasteiger partial charge is 0.505 e. The summed E-state index contributed by atoms with van der Waals surface area (Å²) in [6.45, 7) is 7.23. The minimum Gasteiger partial charge on any atom is -0.297 e. The Morgan fingerprint density at radius 3 is 2.33 bits per heavy atom. The summed E-state index contributed by atoms with van der Waals surface area (Å²) in [4.78, 5) is 0. The molecule has 0 aromatic rings. The van der Waals surface area contributed by atoms with Gasteiger partial charge in [0.05, 0.1) is 0 Å². The van der Waals surface area contributed by atoms with Crippen LogP contribution < -0.4 is 0 Å². The summed E-state index contributed by atoms with van der Waals surface area (Å²) in [6.07, 6.45) is 1.79. The third-order valence-electron chi connectivity index (χ3n) is 0.460. The predicted octanol–water partition coefficient (Wildman–Crippen LogP) is 1.70. The van der Waals surface area contributed by atoms with E-state index in [0.29, 0.717) is 0 Å². The molecule has 0 nitrogen and oxygen atoms in total. The first kappa shape index (κ1) is 6.73. The maximum atomic E-state index is 3.69. The third-order valence-corrected chi connectivity index (χ3v) is 3.25. The van der Waals surface area contributed by atoms with Gasteiger partial charge < -0.3 is 0 Å². The standard InChI is InChI=1S/C4H5.BrH.Mg/c1-3-4-2;;/h3H,1-2H2;1H;/q;;+1/p-1. The van der Waals surface area contributed by atoms with E-state index in [0.717, 1.165) is 3.70 Å². The average molecular weight is 157 g/mol. The van der Waals surface area contributed by atoms with Crippen LogP contribution in [0.15, 0.2) is 22.9 Å². The predicted molar refractivity (Wildman–Crippen MR) is 34.0 cm³/mol. The second-order valence-corrected chi connectivity index (χ2v) is 3.85. The van der Waals surface area contributed by atoms with Crippen LogP contribution >= 0.6 is 12.9 Å². The van der Waals surface area contributed by atoms with E-state index in [1.54, 1.807) is 6.08 Å². The topological polar surface area (TPSA) is 0 Å². The molecule has 0 N–H and O–H groups in total. The molecule has 2 heteroatoms. The van der Waals surface area contributed by atoms with Crippen LogP contribution in [0.3, 0.4) is 0 Å². The first-order valence-corrected chi connectivity index (χ1v) is 6.28. The molecule has 0 aromatic heterocycles. The van der Waals surface area contributed by atoms with Crippen molar-refractivity contribution in [2.24, 2.45) is 0 Å². The second kappa shape index (κ2) is 3.90. The normalized spacial score (nSPS) is 6.17. The molecule has 0 radical (unpaired) electrons. The van der Waals surface area contributed by atoms with Crippen molar-refractivity contribution in [3.05, 3.63) is 22.9 Å². The molecule has 0 amide bonds. The molecule has 6 heavy (non-hydrogen) atoms. The Balaban J connectivity index is 3.23. The molecule has 0 saturated heterocycles. The van der Waals surface area contributed by atoms with E-state index >= 15 is 0 Å². The Labute approximate surface area is 53.9 Å². The summed E-state index contributed by atoms with van der Waals surface area (Å²) in [5.41, 5.74) is 0. The van der Waals surface area contributed by atoms with Crippen molar-refractivity contribution in [1.29, 1.82) is 0 Å². The molecular weight excluding hydrogens is 152 g/mol. The molecule has 0 unspecified atom stereocenters. The van der Waals surface area contributed by atoms with Gasteiger partial charge in [-0.25, -0.2) is 0 Å². The van der Waals surface area contributed by atoms with Crippen molar-refractivity contribution in [3.8, 4) is 0 Å². The van der Waals surface area contributed by atoms with Gasteiger partial charge in [-0.1, -0.05) is 6.08 Å². The molecule has 0 bridgehead atoms. The maximum Gasteiger partial charge on any atom is 0.505 e. The van der Waals surface area contributed by atoms with Gasteiger partial charge in [0.1, 0.15) is 0 Å². The number of halogens is 1. The quantitative estimate of drug-likeness (QED) is 0.423. The summed E-state index contributed by atoms with van der Waals surface area (Å²) in [7, 11) is 0. The molecule has 0 aromatic carbocycles. The molecule has 0 aliphatic rings. The number of hydrogen-bond donors (Lipinski definition) is 0. The van der Waals surface area contributed by atoms with E-state index in [1.807, 2.05) is 0 Å². The van der Waals surface area contributed by atoms with Crippen LogP contribution in [0.2, 0.25) is 0 Å². The summed E-state index contributed by atoms with van der Waals surface area (Å²) >= 11 is 3.18. The highest BCUT2D eigenvalue weighted by Gasteiger charge is 1.84. The van der Waals surface area contributed by atoms with Gasteiger partial charge in [0.15, 0.2) is 0 Å². The van der Waals surface area contributed by atoms with E-state index < -0.39 is 0 Å². The molecule has 0 fully saturated rings. The SMILES string of the molecule is C=C[C](=C)[Mg][Br]. The molecule has 0 saturated carbocycles. The van der Waals surface area contributed by atoms with Gasteiger partial charge in [-0.2, -0.15) is 3.70 Å². The van der Waals surface area contributed by atoms with E-state index in [4.69, 9.17) is 0 Å². The number of hydrogen-bond acceptors (Lipinski definition) is 0. The first-order valence-electron chi connectivity index (χ1n) is 1.67. The molecule has 0 aliphatic heterocycles. The van der Waals surface area contributed by atoms with Gasteiger partial charge in [0, 0.05) is 0 Å². The summed E-state index contributed by atoms with van der Waals surface area (Å²) in [5, 5.41) is 0. The highest BCUT2D eigenvalue weighted by atomic mass is 79.9. The Bertz CT molecular complexity index is 67.9. The van der Waals surface area contributed by atoms with E-state index in [9.17, 15) is 0 Å². The van der Waals surface area contributed by atoms with Crippen molar-refractivity contribution >= 4 is 31.1 Å². The van der Waals surface area contributed by atoms with Crippen molar-refractivity contribution in [3.63, 3.8) is 0 Å². The zero-order valence-corrected chi connectivity index (χ0v) is 6.58. The Morgan fingerprint density at radius 1 is 1.83 bits per heavy atom. The molecule has 0 heterocycles. The fourth-order valence-electron chi connectivity index (χ4n) is 0.0546. The van der Waals surface area contributed by atoms with Gasteiger partial charge >= 0.3 is 18.2 Å². The first-order chi connectivity index (χ1) is 2.81. The lowest BCUT2D eigenvalue weighted by Gasteiger charge is -1.79. The third kappa shape index (κ3) is 2.94. The smallest absolute Gasteiger partial charge is 0.297 e. The van der Waals surface area contributed by atoms with E-state index in [-0.39, 0.29) is 18.2 Å². The van der Waals surface area contributed by atoms with Crippen LogP contribution in [-0.2, 0) is 0 Å². The van der Waals surface area contributed by atoms with Crippen LogP contribution in [0.4, 0.5) is 0 Å². The lowest BCUT2D eigenvalue weighted by Crippen LogP contribution is -1.74. The molecule has 0 aliphatic carbocycles. The van der Waals surface area contributed by atoms with Gasteiger partial charge in [-0.15, -0.1) is 13.2 Å². The maximum absolute atomic E-state index is 3.69. The molecule has 0 spiro atoms. The van der Waals surface area contributed by atoms with Crippen LogP contribution in [0.1, 0.15) is 0 Å². The highest BCUT2D eigenvalue weighted by Crippen LogP contribution is 1.89. The highest BCUT2D eigenvalue weighted by molar-refractivity contribution is 9.23. The second-order valence-electron chi connectivity index (χ2n) is 0.996. The molecule has 0 rings (SSSR count). The number of rotatable bonds is 2. The molecular formula is C4H5BrMg. The summed E-state index contributed by atoms with van der Waals surface area (Å²) < 4.78 is 1.16. The fraction of sp³-hybridized carbons (Fsp3) is 0. The van der Waals surface area contributed by atoms with Crippen LogP contribution in [0.5, 0.6) is 0 Å². The van der Waals surface area contributed by atoms with Gasteiger partial charge in [-0.3, -0.25) is 12.9 Å². The lowest BCUT2D eigenvalue weighted by molar-refractivity contribution is 2.03. The fourth-order valence-corrected chi connectivity index (χ4v) is 0.850. The van der Waals surface area contributed by atoms with Crippen molar-refractivity contribution < 1.29 is 0 Å². The minimum absolute atomic E-state index is 0.162. The van der Waals surface area contributed by atoms with Crippen LogP contribution in [0.25, 0.3) is 0 Å². The Morgan fingerprint density at radius 2 is 2.33 bits per heavy atom. The number of allylic oxidation sites excluding steroid dienone is 2. The van der Waals surface area contributed by atoms with E-state index in [2.05, 4.69) is 26.0 Å². The lowest BCUT2D eigenvalue weighted by atomic mass is 10.6.